The monoisotopic (exact) mass is 475 g/mol. The van der Waals surface area contributed by atoms with Crippen LogP contribution in [0.4, 0.5) is 0 Å². The van der Waals surface area contributed by atoms with Gasteiger partial charge < -0.3 is 15.2 Å². The zero-order chi connectivity index (χ0) is 24.6. The number of carboxylic acid groups (broad SMARTS) is 1. The lowest BCUT2D eigenvalue weighted by Gasteiger charge is -2.39. The van der Waals surface area contributed by atoms with Gasteiger partial charge >= 0.3 is 5.97 Å². The van der Waals surface area contributed by atoms with Crippen LogP contribution in [-0.4, -0.2) is 24.1 Å². The Labute approximate surface area is 208 Å². The highest BCUT2D eigenvalue weighted by molar-refractivity contribution is 5.94. The minimum Gasteiger partial charge on any atom is -0.496 e. The fourth-order valence-electron chi connectivity index (χ4n) is 7.46. The number of nitrogens with one attached hydrogen (secondary N) is 1. The number of hydrogen-bond donors (Lipinski definition) is 2. The van der Waals surface area contributed by atoms with E-state index < -0.39 is 11.9 Å². The quantitative estimate of drug-likeness (QED) is 0.459. The van der Waals surface area contributed by atoms with E-state index >= 15 is 0 Å². The van der Waals surface area contributed by atoms with Crippen molar-refractivity contribution < 1.29 is 19.4 Å². The van der Waals surface area contributed by atoms with Crippen molar-refractivity contribution >= 4 is 11.9 Å². The number of carbonyl (C=O) groups is 2. The maximum Gasteiger partial charge on any atom is 0.306 e. The highest BCUT2D eigenvalue weighted by Gasteiger charge is 2.56. The van der Waals surface area contributed by atoms with Crippen LogP contribution in [0.25, 0.3) is 0 Å². The summed E-state index contributed by atoms with van der Waals surface area (Å²) >= 11 is 0. The lowest BCUT2D eigenvalue weighted by molar-refractivity contribution is -0.141. The molecule has 0 spiro atoms. The molecule has 4 fully saturated rings. The largest absolute Gasteiger partial charge is 0.496 e. The Morgan fingerprint density at radius 2 is 1.80 bits per heavy atom. The fraction of sp³-hybridized carbons (Fsp3) is 0.533. The standard InChI is InChI=1S/C30H37NO4/c1-3-4-22(29(33)34)11-19-5-10-27(35-2)25(12-19)18-31-28(32)21-6-8-26(9-7-21)30-15-20-13-23(16-30)24(14-20)17-30/h5-10,12,20,22-24H,3-4,11,13-18H2,1-2H3,(H,31,32)(H,33,34). The van der Waals surface area contributed by atoms with Crippen LogP contribution in [0.2, 0.25) is 0 Å². The van der Waals surface area contributed by atoms with Crippen LogP contribution in [0.1, 0.15) is 78.9 Å². The minimum atomic E-state index is -0.765. The second-order valence-electron chi connectivity index (χ2n) is 11.2. The Hall–Kier alpha value is -2.82. The first-order valence-electron chi connectivity index (χ1n) is 13.2. The summed E-state index contributed by atoms with van der Waals surface area (Å²) in [4.78, 5) is 24.5. The molecule has 4 bridgehead atoms. The van der Waals surface area contributed by atoms with Crippen LogP contribution in [-0.2, 0) is 23.2 Å². The molecule has 35 heavy (non-hydrogen) atoms. The molecular weight excluding hydrogens is 438 g/mol. The van der Waals surface area contributed by atoms with Gasteiger partial charge in [-0.25, -0.2) is 0 Å². The number of rotatable bonds is 10. The smallest absolute Gasteiger partial charge is 0.306 e. The van der Waals surface area contributed by atoms with Gasteiger partial charge in [-0.15, -0.1) is 0 Å². The van der Waals surface area contributed by atoms with Gasteiger partial charge in [0.2, 0.25) is 0 Å². The number of benzene rings is 2. The van der Waals surface area contributed by atoms with Crippen molar-refractivity contribution in [3.8, 4) is 5.75 Å². The summed E-state index contributed by atoms with van der Waals surface area (Å²) in [6, 6.07) is 14.0. The zero-order valence-electron chi connectivity index (χ0n) is 20.9. The van der Waals surface area contributed by atoms with Gasteiger partial charge in [-0.3, -0.25) is 9.59 Å². The molecule has 3 atom stereocenters. The summed E-state index contributed by atoms with van der Waals surface area (Å²) in [6.45, 7) is 2.33. The molecule has 0 saturated heterocycles. The number of hydrogen-bond acceptors (Lipinski definition) is 3. The SMILES string of the molecule is CCCC(Cc1ccc(OC)c(CNC(=O)c2ccc(C34CC5CC(C3)C(C5)C4)cc2)c1)C(=O)O. The van der Waals surface area contributed by atoms with Crippen molar-refractivity contribution in [1.29, 1.82) is 0 Å². The second kappa shape index (κ2) is 9.67. The molecule has 3 unspecified atom stereocenters. The predicted octanol–water partition coefficient (Wildman–Crippen LogP) is 5.75. The molecule has 0 radical (unpaired) electrons. The van der Waals surface area contributed by atoms with E-state index in [4.69, 9.17) is 4.74 Å². The van der Waals surface area contributed by atoms with Gasteiger partial charge in [0.15, 0.2) is 0 Å². The molecule has 2 N–H and O–H groups in total. The number of carboxylic acids is 1. The molecular formula is C30H37NO4. The van der Waals surface area contributed by atoms with Crippen LogP contribution >= 0.6 is 0 Å². The van der Waals surface area contributed by atoms with E-state index in [0.717, 1.165) is 35.3 Å². The summed E-state index contributed by atoms with van der Waals surface area (Å²) in [5.74, 6) is 2.18. The summed E-state index contributed by atoms with van der Waals surface area (Å²) in [7, 11) is 1.61. The van der Waals surface area contributed by atoms with Gasteiger partial charge in [0, 0.05) is 17.7 Å². The Morgan fingerprint density at radius 1 is 1.09 bits per heavy atom. The van der Waals surface area contributed by atoms with Crippen molar-refractivity contribution in [2.45, 2.75) is 70.3 Å². The normalized spacial score (nSPS) is 27.1. The number of aliphatic carboxylic acids is 1. The van der Waals surface area contributed by atoms with Gasteiger partial charge in [-0.1, -0.05) is 37.6 Å². The van der Waals surface area contributed by atoms with Crippen molar-refractivity contribution in [2.75, 3.05) is 7.11 Å². The number of carbonyl (C=O) groups excluding carboxylic acids is 1. The van der Waals surface area contributed by atoms with Gasteiger partial charge in [-0.2, -0.15) is 0 Å². The molecule has 4 aliphatic rings. The predicted molar refractivity (Wildman–Crippen MR) is 136 cm³/mol. The van der Waals surface area contributed by atoms with Crippen LogP contribution < -0.4 is 10.1 Å². The van der Waals surface area contributed by atoms with E-state index in [9.17, 15) is 14.7 Å². The molecule has 1 amide bonds. The number of amides is 1. The highest BCUT2D eigenvalue weighted by atomic mass is 16.5. The summed E-state index contributed by atoms with van der Waals surface area (Å²) in [5, 5.41) is 12.5. The minimum absolute atomic E-state index is 0.105. The van der Waals surface area contributed by atoms with Gasteiger partial charge in [0.1, 0.15) is 5.75 Å². The average Bonchev–Trinajstić information content (AvgIpc) is 3.28. The highest BCUT2D eigenvalue weighted by Crippen LogP contribution is 2.64. The van der Waals surface area contributed by atoms with Crippen LogP contribution in [0.5, 0.6) is 5.75 Å². The molecule has 2 aromatic carbocycles. The molecule has 0 aromatic heterocycles. The first-order chi connectivity index (χ1) is 16.9. The third kappa shape index (κ3) is 4.70. The molecule has 0 heterocycles. The van der Waals surface area contributed by atoms with E-state index in [2.05, 4.69) is 17.4 Å². The Kier molecular flexibility index (Phi) is 6.61. The van der Waals surface area contributed by atoms with Gasteiger partial charge in [0.05, 0.1) is 13.0 Å². The van der Waals surface area contributed by atoms with E-state index in [-0.39, 0.29) is 5.91 Å². The molecule has 5 nitrogen and oxygen atoms in total. The Morgan fingerprint density at radius 3 is 2.40 bits per heavy atom. The van der Waals surface area contributed by atoms with E-state index in [1.165, 1.54) is 37.7 Å². The molecule has 4 saturated carbocycles. The maximum absolute atomic E-state index is 12.9. The first-order valence-corrected chi connectivity index (χ1v) is 13.2. The van der Waals surface area contributed by atoms with Gasteiger partial charge in [0.25, 0.3) is 5.91 Å². The Balaban J connectivity index is 1.24. The fourth-order valence-corrected chi connectivity index (χ4v) is 7.46. The van der Waals surface area contributed by atoms with Gasteiger partial charge in [-0.05, 0) is 97.4 Å². The van der Waals surface area contributed by atoms with E-state index in [1.807, 2.05) is 37.3 Å². The molecule has 6 rings (SSSR count). The number of ether oxygens (including phenoxy) is 1. The van der Waals surface area contributed by atoms with E-state index in [0.29, 0.717) is 36.1 Å². The molecule has 5 heteroatoms. The molecule has 2 aromatic rings. The zero-order valence-corrected chi connectivity index (χ0v) is 20.9. The van der Waals surface area contributed by atoms with Crippen LogP contribution in [0.15, 0.2) is 42.5 Å². The van der Waals surface area contributed by atoms with Crippen LogP contribution in [0, 0.1) is 23.7 Å². The second-order valence-corrected chi connectivity index (χ2v) is 11.2. The first kappa shape index (κ1) is 23.9. The average molecular weight is 476 g/mol. The maximum atomic E-state index is 12.9. The van der Waals surface area contributed by atoms with Crippen molar-refractivity contribution in [1.82, 2.24) is 5.32 Å². The molecule has 186 valence electrons. The van der Waals surface area contributed by atoms with E-state index in [1.54, 1.807) is 7.11 Å². The third-order valence-electron chi connectivity index (χ3n) is 8.94. The summed E-state index contributed by atoms with van der Waals surface area (Å²) in [6.07, 6.45) is 8.81. The van der Waals surface area contributed by atoms with Crippen molar-refractivity contribution in [2.24, 2.45) is 23.7 Å². The number of methoxy groups -OCH3 is 1. The lowest BCUT2D eigenvalue weighted by atomic mass is 9.66. The molecule has 4 aliphatic carbocycles. The Bertz CT molecular complexity index is 1070. The summed E-state index contributed by atoms with van der Waals surface area (Å²) in [5.41, 5.74) is 4.24. The topological polar surface area (TPSA) is 75.6 Å². The molecule has 0 aliphatic heterocycles. The van der Waals surface area contributed by atoms with Crippen LogP contribution in [0.3, 0.4) is 0 Å². The van der Waals surface area contributed by atoms with Crippen molar-refractivity contribution in [3.63, 3.8) is 0 Å². The summed E-state index contributed by atoms with van der Waals surface area (Å²) < 4.78 is 5.49. The van der Waals surface area contributed by atoms with Crippen molar-refractivity contribution in [3.05, 3.63) is 64.7 Å². The third-order valence-corrected chi connectivity index (χ3v) is 8.94. The lowest BCUT2D eigenvalue weighted by Crippen LogP contribution is -2.31.